The molecule has 1 N–H and O–H groups in total. The number of aromatic nitrogens is 2. The zero-order valence-corrected chi connectivity index (χ0v) is 13.9. The second-order valence-corrected chi connectivity index (χ2v) is 5.61. The lowest BCUT2D eigenvalue weighted by molar-refractivity contribution is -0.385. The maximum Gasteiger partial charge on any atom is 0.311 e. The first kappa shape index (κ1) is 16.7. The van der Waals surface area contributed by atoms with Crippen molar-refractivity contribution in [3.8, 4) is 5.75 Å². The van der Waals surface area contributed by atoms with Gasteiger partial charge < -0.3 is 14.5 Å². The van der Waals surface area contributed by atoms with Crippen molar-refractivity contribution in [3.63, 3.8) is 0 Å². The number of ether oxygens (including phenoxy) is 1. The number of fused-ring (bicyclic) bond motifs is 1. The summed E-state index contributed by atoms with van der Waals surface area (Å²) in [5.41, 5.74) is 1.24. The van der Waals surface area contributed by atoms with Crippen LogP contribution in [0, 0.1) is 10.1 Å². The number of methoxy groups -OCH3 is 1. The molecule has 3 aromatic rings. The Morgan fingerprint density at radius 1 is 1.36 bits per heavy atom. The van der Waals surface area contributed by atoms with Gasteiger partial charge in [-0.1, -0.05) is 11.6 Å². The molecule has 0 spiro atoms. The minimum atomic E-state index is -0.596. The standard InChI is InChI=1S/C16H13ClN4O4/c1-25-14-4-2-10(6-13(14)21(23)24)16(22)18-7-12-9-20-8-11(17)3-5-15(20)19-12/h2-6,8-9H,7H2,1H3,(H,18,22). The number of carbonyl (C=O) groups excluding carboxylic acids is 1. The number of nitrogens with one attached hydrogen (secondary N) is 1. The number of carbonyl (C=O) groups is 1. The highest BCUT2D eigenvalue weighted by Gasteiger charge is 2.18. The van der Waals surface area contributed by atoms with Gasteiger partial charge in [-0.3, -0.25) is 14.9 Å². The molecule has 0 atom stereocenters. The summed E-state index contributed by atoms with van der Waals surface area (Å²) in [5, 5.41) is 14.3. The molecule has 2 aromatic heterocycles. The third-order valence-electron chi connectivity index (χ3n) is 3.53. The van der Waals surface area contributed by atoms with Crippen LogP contribution < -0.4 is 10.1 Å². The predicted octanol–water partition coefficient (Wildman–Crippen LogP) is 2.83. The van der Waals surface area contributed by atoms with Crippen LogP contribution in [0.5, 0.6) is 5.75 Å². The number of imidazole rings is 1. The van der Waals surface area contributed by atoms with E-state index in [1.54, 1.807) is 28.9 Å². The smallest absolute Gasteiger partial charge is 0.311 e. The molecule has 0 unspecified atom stereocenters. The predicted molar refractivity (Wildman–Crippen MR) is 91.0 cm³/mol. The van der Waals surface area contributed by atoms with E-state index in [0.717, 1.165) is 0 Å². The second kappa shape index (κ2) is 6.78. The van der Waals surface area contributed by atoms with Gasteiger partial charge in [0, 0.05) is 24.0 Å². The van der Waals surface area contributed by atoms with Crippen LogP contribution >= 0.6 is 11.6 Å². The lowest BCUT2D eigenvalue weighted by Crippen LogP contribution is -2.23. The molecule has 2 heterocycles. The Bertz CT molecular complexity index is 970. The number of rotatable bonds is 5. The SMILES string of the molecule is COc1ccc(C(=O)NCc2cn3cc(Cl)ccc3n2)cc1[N+](=O)[O-]. The Kier molecular flexibility index (Phi) is 4.53. The number of nitro benzene ring substituents is 1. The van der Waals surface area contributed by atoms with Crippen LogP contribution in [0.15, 0.2) is 42.7 Å². The van der Waals surface area contributed by atoms with Crippen molar-refractivity contribution in [3.05, 3.63) is 69.1 Å². The van der Waals surface area contributed by atoms with Gasteiger partial charge in [0.05, 0.1) is 29.3 Å². The van der Waals surface area contributed by atoms with Crippen LogP contribution in [0.2, 0.25) is 5.02 Å². The minimum Gasteiger partial charge on any atom is -0.490 e. The van der Waals surface area contributed by atoms with Gasteiger partial charge in [-0.2, -0.15) is 0 Å². The Morgan fingerprint density at radius 3 is 2.88 bits per heavy atom. The lowest BCUT2D eigenvalue weighted by atomic mass is 10.1. The summed E-state index contributed by atoms with van der Waals surface area (Å²) in [6, 6.07) is 7.52. The average Bonchev–Trinajstić information content (AvgIpc) is 3.00. The van der Waals surface area contributed by atoms with Gasteiger partial charge in [0.1, 0.15) is 5.65 Å². The molecule has 9 heteroatoms. The molecule has 0 saturated carbocycles. The summed E-state index contributed by atoms with van der Waals surface area (Å²) in [4.78, 5) is 27.0. The molecule has 0 fully saturated rings. The third-order valence-corrected chi connectivity index (χ3v) is 3.76. The van der Waals surface area contributed by atoms with Crippen LogP contribution in [-0.4, -0.2) is 27.3 Å². The number of nitrogens with zero attached hydrogens (tertiary/aromatic N) is 3. The second-order valence-electron chi connectivity index (χ2n) is 5.17. The van der Waals surface area contributed by atoms with Crippen LogP contribution in [0.1, 0.15) is 16.1 Å². The summed E-state index contributed by atoms with van der Waals surface area (Å²) in [6.45, 7) is 0.179. The van der Waals surface area contributed by atoms with E-state index in [4.69, 9.17) is 16.3 Å². The molecule has 1 amide bonds. The summed E-state index contributed by atoms with van der Waals surface area (Å²) < 4.78 is 6.67. The van der Waals surface area contributed by atoms with E-state index in [1.807, 2.05) is 0 Å². The molecule has 128 valence electrons. The Labute approximate surface area is 147 Å². The molecule has 0 aliphatic rings. The molecular formula is C16H13ClN4O4. The van der Waals surface area contributed by atoms with E-state index in [0.29, 0.717) is 16.4 Å². The van der Waals surface area contributed by atoms with E-state index in [9.17, 15) is 14.9 Å². The fraction of sp³-hybridized carbons (Fsp3) is 0.125. The molecule has 0 bridgehead atoms. The summed E-state index contributed by atoms with van der Waals surface area (Å²) in [6.07, 6.45) is 3.46. The average molecular weight is 361 g/mol. The van der Waals surface area contributed by atoms with Gasteiger partial charge in [-0.15, -0.1) is 0 Å². The Morgan fingerprint density at radius 2 is 2.16 bits per heavy atom. The van der Waals surface area contributed by atoms with Crippen molar-refractivity contribution >= 4 is 28.8 Å². The Hall–Kier alpha value is -3.13. The first-order valence-corrected chi connectivity index (χ1v) is 7.59. The number of halogens is 1. The molecule has 1 aromatic carbocycles. The fourth-order valence-electron chi connectivity index (χ4n) is 2.35. The molecule has 0 aliphatic heterocycles. The monoisotopic (exact) mass is 360 g/mol. The van der Waals surface area contributed by atoms with Crippen LogP contribution in [0.4, 0.5) is 5.69 Å². The van der Waals surface area contributed by atoms with Crippen LogP contribution in [0.3, 0.4) is 0 Å². The topological polar surface area (TPSA) is 98.8 Å². The Balaban J connectivity index is 1.75. The number of hydrogen-bond donors (Lipinski definition) is 1. The number of nitro groups is 1. The van der Waals surface area contributed by atoms with Crippen LogP contribution in [-0.2, 0) is 6.54 Å². The van der Waals surface area contributed by atoms with E-state index in [-0.39, 0.29) is 23.5 Å². The number of benzene rings is 1. The zero-order valence-electron chi connectivity index (χ0n) is 13.1. The molecule has 3 rings (SSSR count). The molecule has 0 aliphatic carbocycles. The zero-order chi connectivity index (χ0) is 18.0. The highest BCUT2D eigenvalue weighted by atomic mass is 35.5. The molecule has 8 nitrogen and oxygen atoms in total. The van der Waals surface area contributed by atoms with Gasteiger partial charge in [0.25, 0.3) is 5.91 Å². The molecule has 25 heavy (non-hydrogen) atoms. The summed E-state index contributed by atoms with van der Waals surface area (Å²) >= 11 is 5.92. The number of hydrogen-bond acceptors (Lipinski definition) is 5. The quantitative estimate of drug-likeness (QED) is 0.557. The maximum absolute atomic E-state index is 12.2. The van der Waals surface area contributed by atoms with Crippen molar-refractivity contribution in [2.45, 2.75) is 6.54 Å². The molecular weight excluding hydrogens is 348 g/mol. The molecule has 0 saturated heterocycles. The maximum atomic E-state index is 12.2. The first-order valence-electron chi connectivity index (χ1n) is 7.21. The van der Waals surface area contributed by atoms with E-state index >= 15 is 0 Å². The highest BCUT2D eigenvalue weighted by molar-refractivity contribution is 6.30. The minimum absolute atomic E-state index is 0.0961. The van der Waals surface area contributed by atoms with E-state index in [1.165, 1.54) is 25.3 Å². The first-order chi connectivity index (χ1) is 12.0. The van der Waals surface area contributed by atoms with Gasteiger partial charge in [-0.25, -0.2) is 4.98 Å². The number of pyridine rings is 1. The van der Waals surface area contributed by atoms with Crippen molar-refractivity contribution in [2.24, 2.45) is 0 Å². The van der Waals surface area contributed by atoms with Gasteiger partial charge in [0.2, 0.25) is 0 Å². The van der Waals surface area contributed by atoms with Crippen molar-refractivity contribution in [2.75, 3.05) is 7.11 Å². The van der Waals surface area contributed by atoms with Crippen molar-refractivity contribution in [1.82, 2.24) is 14.7 Å². The normalized spacial score (nSPS) is 10.6. The van der Waals surface area contributed by atoms with Gasteiger partial charge >= 0.3 is 5.69 Å². The molecule has 0 radical (unpaired) electrons. The summed E-state index contributed by atoms with van der Waals surface area (Å²) in [7, 11) is 1.33. The lowest BCUT2D eigenvalue weighted by Gasteiger charge is -2.05. The third kappa shape index (κ3) is 3.53. The van der Waals surface area contributed by atoms with Crippen molar-refractivity contribution in [1.29, 1.82) is 0 Å². The fourth-order valence-corrected chi connectivity index (χ4v) is 2.52. The summed E-state index contributed by atoms with van der Waals surface area (Å²) in [5.74, 6) is -0.348. The van der Waals surface area contributed by atoms with Gasteiger partial charge in [0.15, 0.2) is 5.75 Å². The number of amides is 1. The van der Waals surface area contributed by atoms with Crippen LogP contribution in [0.25, 0.3) is 5.65 Å². The highest BCUT2D eigenvalue weighted by Crippen LogP contribution is 2.27. The van der Waals surface area contributed by atoms with Gasteiger partial charge in [-0.05, 0) is 24.3 Å². The van der Waals surface area contributed by atoms with E-state index in [2.05, 4.69) is 10.3 Å². The van der Waals surface area contributed by atoms with Crippen molar-refractivity contribution < 1.29 is 14.5 Å². The van der Waals surface area contributed by atoms with E-state index < -0.39 is 10.8 Å². The largest absolute Gasteiger partial charge is 0.490 e.